The second-order valence-corrected chi connectivity index (χ2v) is 6.67. The second-order valence-electron chi connectivity index (χ2n) is 6.67. The highest BCUT2D eigenvalue weighted by molar-refractivity contribution is 5.82. The molecule has 0 aromatic rings. The summed E-state index contributed by atoms with van der Waals surface area (Å²) in [4.78, 5) is 14.5. The molecule has 1 N–H and O–H groups in total. The average Bonchev–Trinajstić information content (AvgIpc) is 2.80. The molecule has 1 aliphatic carbocycles. The van der Waals surface area contributed by atoms with Crippen molar-refractivity contribution in [2.24, 2.45) is 5.92 Å². The van der Waals surface area contributed by atoms with Gasteiger partial charge in [-0.15, -0.1) is 0 Å². The summed E-state index contributed by atoms with van der Waals surface area (Å²) < 4.78 is 0. The Morgan fingerprint density at radius 3 is 2.61 bits per heavy atom. The molecule has 0 bridgehead atoms. The molecule has 1 saturated carbocycles. The maximum atomic E-state index is 12.6. The normalized spacial score (nSPS) is 32.1. The summed E-state index contributed by atoms with van der Waals surface area (Å²) in [5.41, 5.74) is -0.0352. The van der Waals surface area contributed by atoms with E-state index >= 15 is 0 Å². The van der Waals surface area contributed by atoms with Gasteiger partial charge in [0.2, 0.25) is 5.91 Å². The molecule has 0 aromatic heterocycles. The lowest BCUT2D eigenvalue weighted by molar-refractivity contribution is -0.136. The molecule has 1 heterocycles. The van der Waals surface area contributed by atoms with Crippen LogP contribution in [0.2, 0.25) is 0 Å². The number of likely N-dealkylation sites (N-methyl/N-ethyl adjacent to an activating group) is 1. The SMILES string of the molecule is CCC(C)(C)N(C)C(=O)C1CC2CCCCC2N1. The molecule has 0 spiro atoms. The minimum atomic E-state index is -0.0352. The standard InChI is InChI=1S/C15H28N2O/c1-5-15(2,3)17(4)14(18)13-10-11-8-6-7-9-12(11)16-13/h11-13,16H,5-10H2,1-4H3. The number of hydrogen-bond donors (Lipinski definition) is 1. The predicted octanol–water partition coefficient (Wildman–Crippen LogP) is 2.55. The second kappa shape index (κ2) is 5.20. The number of carbonyl (C=O) groups is 1. The highest BCUT2D eigenvalue weighted by Gasteiger charge is 2.40. The maximum absolute atomic E-state index is 12.6. The first-order valence-corrected chi connectivity index (χ1v) is 7.49. The van der Waals surface area contributed by atoms with Crippen LogP contribution in [0.5, 0.6) is 0 Å². The van der Waals surface area contributed by atoms with Gasteiger partial charge in [0.15, 0.2) is 0 Å². The summed E-state index contributed by atoms with van der Waals surface area (Å²) in [6.45, 7) is 6.44. The Hall–Kier alpha value is -0.570. The Bertz CT molecular complexity index is 300. The fraction of sp³-hybridized carbons (Fsp3) is 0.933. The van der Waals surface area contributed by atoms with Crippen molar-refractivity contribution in [1.29, 1.82) is 0 Å². The highest BCUT2D eigenvalue weighted by Crippen LogP contribution is 2.34. The van der Waals surface area contributed by atoms with Crippen LogP contribution in [0.4, 0.5) is 0 Å². The fourth-order valence-electron chi connectivity index (χ4n) is 3.28. The molecule has 1 aliphatic heterocycles. The lowest BCUT2D eigenvalue weighted by Gasteiger charge is -2.36. The highest BCUT2D eigenvalue weighted by atomic mass is 16.2. The first kappa shape index (κ1) is 13.9. The van der Waals surface area contributed by atoms with E-state index in [9.17, 15) is 4.79 Å². The molecule has 1 amide bonds. The third kappa shape index (κ3) is 2.56. The van der Waals surface area contributed by atoms with Crippen LogP contribution in [0.1, 0.15) is 59.3 Å². The molecule has 2 rings (SSSR count). The van der Waals surface area contributed by atoms with Crippen LogP contribution >= 0.6 is 0 Å². The molecule has 0 radical (unpaired) electrons. The molecule has 104 valence electrons. The van der Waals surface area contributed by atoms with Crippen molar-refractivity contribution >= 4 is 5.91 Å². The van der Waals surface area contributed by atoms with Gasteiger partial charge >= 0.3 is 0 Å². The molecule has 0 aromatic carbocycles. The molecular formula is C15H28N2O. The Morgan fingerprint density at radius 1 is 1.33 bits per heavy atom. The van der Waals surface area contributed by atoms with Crippen molar-refractivity contribution in [3.05, 3.63) is 0 Å². The summed E-state index contributed by atoms with van der Waals surface area (Å²) >= 11 is 0. The van der Waals surface area contributed by atoms with E-state index in [0.29, 0.717) is 6.04 Å². The van der Waals surface area contributed by atoms with Crippen LogP contribution < -0.4 is 5.32 Å². The van der Waals surface area contributed by atoms with E-state index in [2.05, 4.69) is 26.1 Å². The summed E-state index contributed by atoms with van der Waals surface area (Å²) in [7, 11) is 1.95. The van der Waals surface area contributed by atoms with Gasteiger partial charge in [0.1, 0.15) is 0 Å². The third-order valence-corrected chi connectivity index (χ3v) is 5.26. The van der Waals surface area contributed by atoms with Crippen LogP contribution in [-0.4, -0.2) is 35.5 Å². The smallest absolute Gasteiger partial charge is 0.239 e. The molecule has 2 fully saturated rings. The van der Waals surface area contributed by atoms with E-state index in [4.69, 9.17) is 0 Å². The van der Waals surface area contributed by atoms with Crippen LogP contribution in [-0.2, 0) is 4.79 Å². The molecule has 3 nitrogen and oxygen atoms in total. The Morgan fingerprint density at radius 2 is 2.00 bits per heavy atom. The first-order valence-electron chi connectivity index (χ1n) is 7.49. The summed E-state index contributed by atoms with van der Waals surface area (Å²) in [6.07, 6.45) is 7.28. The van der Waals surface area contributed by atoms with Crippen LogP contribution in [0.15, 0.2) is 0 Å². The maximum Gasteiger partial charge on any atom is 0.239 e. The zero-order valence-electron chi connectivity index (χ0n) is 12.3. The van der Waals surface area contributed by atoms with E-state index in [-0.39, 0.29) is 17.5 Å². The number of fused-ring (bicyclic) bond motifs is 1. The Balaban J connectivity index is 1.98. The zero-order valence-corrected chi connectivity index (χ0v) is 12.3. The van der Waals surface area contributed by atoms with E-state index in [1.807, 2.05) is 11.9 Å². The van der Waals surface area contributed by atoms with E-state index in [1.54, 1.807) is 0 Å². The Kier molecular flexibility index (Phi) is 4.00. The molecule has 3 atom stereocenters. The monoisotopic (exact) mass is 252 g/mol. The molecule has 3 heteroatoms. The number of amides is 1. The van der Waals surface area contributed by atoms with Gasteiger partial charge in [-0.1, -0.05) is 19.8 Å². The molecular weight excluding hydrogens is 224 g/mol. The fourth-order valence-corrected chi connectivity index (χ4v) is 3.28. The molecule has 2 aliphatic rings. The van der Waals surface area contributed by atoms with Crippen molar-refractivity contribution < 1.29 is 4.79 Å². The number of nitrogens with zero attached hydrogens (tertiary/aromatic N) is 1. The van der Waals surface area contributed by atoms with Gasteiger partial charge < -0.3 is 10.2 Å². The van der Waals surface area contributed by atoms with Crippen LogP contribution in [0.25, 0.3) is 0 Å². The van der Waals surface area contributed by atoms with Gasteiger partial charge in [-0.3, -0.25) is 4.79 Å². The third-order valence-electron chi connectivity index (χ3n) is 5.26. The minimum Gasteiger partial charge on any atom is -0.339 e. The van der Waals surface area contributed by atoms with Gasteiger partial charge in [-0.05, 0) is 45.4 Å². The van der Waals surface area contributed by atoms with Gasteiger partial charge in [0.05, 0.1) is 6.04 Å². The number of rotatable bonds is 3. The lowest BCUT2D eigenvalue weighted by Crippen LogP contribution is -2.51. The summed E-state index contributed by atoms with van der Waals surface area (Å²) in [5.74, 6) is 1.03. The van der Waals surface area contributed by atoms with Crippen molar-refractivity contribution in [3.63, 3.8) is 0 Å². The van der Waals surface area contributed by atoms with Gasteiger partial charge in [-0.2, -0.15) is 0 Å². The Labute approximate surface area is 111 Å². The summed E-state index contributed by atoms with van der Waals surface area (Å²) in [5, 5.41) is 3.58. The van der Waals surface area contributed by atoms with Crippen molar-refractivity contribution in [2.45, 2.75) is 76.9 Å². The quantitative estimate of drug-likeness (QED) is 0.837. The largest absolute Gasteiger partial charge is 0.339 e. The average molecular weight is 252 g/mol. The van der Waals surface area contributed by atoms with E-state index < -0.39 is 0 Å². The number of carbonyl (C=O) groups excluding carboxylic acids is 1. The van der Waals surface area contributed by atoms with Gasteiger partial charge in [-0.25, -0.2) is 0 Å². The molecule has 1 saturated heterocycles. The minimum absolute atomic E-state index is 0.0352. The van der Waals surface area contributed by atoms with Gasteiger partial charge in [0.25, 0.3) is 0 Å². The topological polar surface area (TPSA) is 32.3 Å². The number of nitrogens with one attached hydrogen (secondary N) is 1. The first-order chi connectivity index (χ1) is 8.45. The molecule has 18 heavy (non-hydrogen) atoms. The molecule has 3 unspecified atom stereocenters. The zero-order chi connectivity index (χ0) is 13.3. The van der Waals surface area contributed by atoms with Gasteiger partial charge in [0, 0.05) is 18.6 Å². The predicted molar refractivity (Wildman–Crippen MR) is 74.4 cm³/mol. The van der Waals surface area contributed by atoms with E-state index in [0.717, 1.165) is 18.8 Å². The van der Waals surface area contributed by atoms with Crippen molar-refractivity contribution in [3.8, 4) is 0 Å². The number of hydrogen-bond acceptors (Lipinski definition) is 2. The van der Waals surface area contributed by atoms with Crippen LogP contribution in [0, 0.1) is 5.92 Å². The lowest BCUT2D eigenvalue weighted by atomic mass is 9.85. The van der Waals surface area contributed by atoms with Crippen LogP contribution in [0.3, 0.4) is 0 Å². The van der Waals surface area contributed by atoms with Crippen molar-refractivity contribution in [1.82, 2.24) is 10.2 Å². The van der Waals surface area contributed by atoms with E-state index in [1.165, 1.54) is 25.7 Å². The van der Waals surface area contributed by atoms with Crippen molar-refractivity contribution in [2.75, 3.05) is 7.05 Å². The summed E-state index contributed by atoms with van der Waals surface area (Å²) in [6, 6.07) is 0.666.